The number of ether oxygens (including phenoxy) is 2. The Morgan fingerprint density at radius 3 is 2.48 bits per heavy atom. The number of anilines is 1. The lowest BCUT2D eigenvalue weighted by Crippen LogP contribution is -2.10. The molecule has 0 aliphatic rings. The van der Waals surface area contributed by atoms with Gasteiger partial charge in [0.05, 0.1) is 11.6 Å². The summed E-state index contributed by atoms with van der Waals surface area (Å²) in [5.41, 5.74) is 3.83. The Kier molecular flexibility index (Phi) is 7.90. The highest BCUT2D eigenvalue weighted by atomic mass is 79.9. The van der Waals surface area contributed by atoms with Crippen LogP contribution in [0.4, 0.5) is 5.69 Å². The van der Waals surface area contributed by atoms with Gasteiger partial charge in [-0.15, -0.1) is 0 Å². The third kappa shape index (κ3) is 6.22. The molecule has 0 aliphatic carbocycles. The van der Waals surface area contributed by atoms with E-state index in [0.717, 1.165) is 26.9 Å². The van der Waals surface area contributed by atoms with Crippen LogP contribution in [0.15, 0.2) is 77.3 Å². The zero-order chi connectivity index (χ0) is 22.2. The van der Waals surface area contributed by atoms with E-state index in [4.69, 9.17) is 9.47 Å². The average Bonchev–Trinajstić information content (AvgIpc) is 2.77. The van der Waals surface area contributed by atoms with Crippen molar-refractivity contribution < 1.29 is 14.3 Å². The lowest BCUT2D eigenvalue weighted by atomic mass is 10.0. The average molecular weight is 480 g/mol. The number of rotatable bonds is 8. The van der Waals surface area contributed by atoms with Crippen LogP contribution in [0.3, 0.4) is 0 Å². The van der Waals surface area contributed by atoms with Crippen molar-refractivity contribution >= 4 is 33.6 Å². The lowest BCUT2D eigenvalue weighted by molar-refractivity contribution is -0.111. The van der Waals surface area contributed by atoms with Crippen molar-refractivity contribution in [3.8, 4) is 11.5 Å². The molecule has 1 N–H and O–H groups in total. The maximum absolute atomic E-state index is 12.5. The molecule has 160 valence electrons. The van der Waals surface area contributed by atoms with E-state index in [1.807, 2.05) is 66.7 Å². The molecule has 0 atom stereocenters. The molecule has 0 saturated carbocycles. The van der Waals surface area contributed by atoms with Crippen molar-refractivity contribution in [2.75, 3.05) is 12.4 Å². The molecule has 4 nitrogen and oxygen atoms in total. The number of para-hydroxylation sites is 1. The van der Waals surface area contributed by atoms with Gasteiger partial charge in [0.15, 0.2) is 11.5 Å². The van der Waals surface area contributed by atoms with Gasteiger partial charge in [-0.2, -0.15) is 0 Å². The molecule has 3 aromatic carbocycles. The Balaban J connectivity index is 1.72. The molecule has 0 unspecified atom stereocenters. The first-order valence-electron chi connectivity index (χ1n) is 10.1. The molecule has 0 heterocycles. The topological polar surface area (TPSA) is 47.6 Å². The van der Waals surface area contributed by atoms with E-state index in [1.165, 1.54) is 6.08 Å². The zero-order valence-electron chi connectivity index (χ0n) is 17.9. The van der Waals surface area contributed by atoms with Crippen molar-refractivity contribution in [1.29, 1.82) is 0 Å². The molecule has 0 aromatic heterocycles. The molecular formula is C26H26BrNO3. The minimum atomic E-state index is -0.187. The maximum Gasteiger partial charge on any atom is 0.248 e. The highest BCUT2D eigenvalue weighted by Crippen LogP contribution is 2.37. The van der Waals surface area contributed by atoms with Crippen LogP contribution in [0.25, 0.3) is 6.08 Å². The van der Waals surface area contributed by atoms with Gasteiger partial charge in [0, 0.05) is 11.8 Å². The zero-order valence-corrected chi connectivity index (χ0v) is 19.5. The Hall–Kier alpha value is -3.05. The first-order chi connectivity index (χ1) is 15.0. The van der Waals surface area contributed by atoms with E-state index in [2.05, 4.69) is 35.1 Å². The summed E-state index contributed by atoms with van der Waals surface area (Å²) in [6.07, 6.45) is 3.27. The SMILES string of the molecule is COc1cc(C=CC(=O)Nc2ccccc2C(C)C)cc(Br)c1OCc1ccccc1. The van der Waals surface area contributed by atoms with Gasteiger partial charge in [-0.1, -0.05) is 62.4 Å². The Labute approximate surface area is 192 Å². The summed E-state index contributed by atoms with van der Waals surface area (Å²) >= 11 is 3.56. The summed E-state index contributed by atoms with van der Waals surface area (Å²) in [5.74, 6) is 1.35. The fraction of sp³-hybridized carbons (Fsp3) is 0.192. The van der Waals surface area contributed by atoms with Crippen LogP contribution in [0, 0.1) is 0 Å². The molecule has 0 bridgehead atoms. The second-order valence-corrected chi connectivity index (χ2v) is 8.23. The number of nitrogens with one attached hydrogen (secondary N) is 1. The van der Waals surface area contributed by atoms with Gasteiger partial charge in [-0.25, -0.2) is 0 Å². The molecule has 3 rings (SSSR count). The van der Waals surface area contributed by atoms with Crippen molar-refractivity contribution in [1.82, 2.24) is 0 Å². The number of benzene rings is 3. The third-order valence-electron chi connectivity index (χ3n) is 4.75. The van der Waals surface area contributed by atoms with Crippen LogP contribution in [0.1, 0.15) is 36.5 Å². The molecule has 0 saturated heterocycles. The summed E-state index contributed by atoms with van der Waals surface area (Å²) < 4.78 is 12.2. The van der Waals surface area contributed by atoms with E-state index < -0.39 is 0 Å². The predicted molar refractivity (Wildman–Crippen MR) is 130 cm³/mol. The molecule has 5 heteroatoms. The van der Waals surface area contributed by atoms with Gasteiger partial charge in [-0.05, 0) is 62.8 Å². The molecule has 0 spiro atoms. The standard InChI is InChI=1S/C26H26BrNO3/c1-18(2)21-11-7-8-12-23(21)28-25(29)14-13-20-15-22(27)26(24(16-20)30-3)31-17-19-9-5-4-6-10-19/h4-16,18H,17H2,1-3H3,(H,28,29). The quantitative estimate of drug-likeness (QED) is 0.360. The number of hydrogen-bond acceptors (Lipinski definition) is 3. The number of methoxy groups -OCH3 is 1. The minimum Gasteiger partial charge on any atom is -0.493 e. The van der Waals surface area contributed by atoms with Crippen LogP contribution in [-0.4, -0.2) is 13.0 Å². The van der Waals surface area contributed by atoms with Gasteiger partial charge < -0.3 is 14.8 Å². The molecule has 0 aliphatic heterocycles. The largest absolute Gasteiger partial charge is 0.493 e. The minimum absolute atomic E-state index is 0.187. The molecule has 0 fully saturated rings. The van der Waals surface area contributed by atoms with Crippen LogP contribution in [0.5, 0.6) is 11.5 Å². The predicted octanol–water partition coefficient (Wildman–Crippen LogP) is 6.81. The summed E-state index contributed by atoms with van der Waals surface area (Å²) in [6, 6.07) is 21.5. The maximum atomic E-state index is 12.5. The fourth-order valence-corrected chi connectivity index (χ4v) is 3.74. The van der Waals surface area contributed by atoms with Crippen LogP contribution < -0.4 is 14.8 Å². The second kappa shape index (κ2) is 10.8. The highest BCUT2D eigenvalue weighted by molar-refractivity contribution is 9.10. The van der Waals surface area contributed by atoms with E-state index in [1.54, 1.807) is 13.2 Å². The number of carbonyl (C=O) groups is 1. The van der Waals surface area contributed by atoms with E-state index in [0.29, 0.717) is 24.0 Å². The number of hydrogen-bond donors (Lipinski definition) is 1. The molecule has 3 aromatic rings. The summed E-state index contributed by atoms with van der Waals surface area (Å²) in [4.78, 5) is 12.5. The van der Waals surface area contributed by atoms with Crippen LogP contribution in [0.2, 0.25) is 0 Å². The molecule has 0 radical (unpaired) electrons. The number of halogens is 1. The first kappa shape index (κ1) is 22.6. The summed E-state index contributed by atoms with van der Waals surface area (Å²) in [7, 11) is 1.60. The normalized spacial score (nSPS) is 11.0. The van der Waals surface area contributed by atoms with E-state index in [-0.39, 0.29) is 5.91 Å². The van der Waals surface area contributed by atoms with Gasteiger partial charge >= 0.3 is 0 Å². The third-order valence-corrected chi connectivity index (χ3v) is 5.33. The smallest absolute Gasteiger partial charge is 0.248 e. The van der Waals surface area contributed by atoms with Gasteiger partial charge in [-0.3, -0.25) is 4.79 Å². The monoisotopic (exact) mass is 479 g/mol. The Morgan fingerprint density at radius 2 is 1.77 bits per heavy atom. The van der Waals surface area contributed by atoms with Gasteiger partial charge in [0.1, 0.15) is 6.61 Å². The molecule has 1 amide bonds. The first-order valence-corrected chi connectivity index (χ1v) is 10.9. The van der Waals surface area contributed by atoms with Gasteiger partial charge in [0.2, 0.25) is 5.91 Å². The van der Waals surface area contributed by atoms with Crippen molar-refractivity contribution in [2.45, 2.75) is 26.4 Å². The lowest BCUT2D eigenvalue weighted by Gasteiger charge is -2.14. The van der Waals surface area contributed by atoms with Crippen molar-refractivity contribution in [3.05, 3.63) is 94.0 Å². The summed E-state index contributed by atoms with van der Waals surface area (Å²) in [5, 5.41) is 2.96. The second-order valence-electron chi connectivity index (χ2n) is 7.37. The van der Waals surface area contributed by atoms with Crippen LogP contribution >= 0.6 is 15.9 Å². The van der Waals surface area contributed by atoms with E-state index >= 15 is 0 Å². The van der Waals surface area contributed by atoms with Crippen LogP contribution in [-0.2, 0) is 11.4 Å². The number of amides is 1. The van der Waals surface area contributed by atoms with Gasteiger partial charge in [0.25, 0.3) is 0 Å². The molecular weight excluding hydrogens is 454 g/mol. The highest BCUT2D eigenvalue weighted by Gasteiger charge is 2.12. The Bertz CT molecular complexity index is 1060. The van der Waals surface area contributed by atoms with Crippen molar-refractivity contribution in [2.24, 2.45) is 0 Å². The summed E-state index contributed by atoms with van der Waals surface area (Å²) in [6.45, 7) is 4.64. The van der Waals surface area contributed by atoms with Crippen molar-refractivity contribution in [3.63, 3.8) is 0 Å². The fourth-order valence-electron chi connectivity index (χ4n) is 3.17. The molecule has 31 heavy (non-hydrogen) atoms. The Morgan fingerprint density at radius 1 is 1.06 bits per heavy atom. The number of carbonyl (C=O) groups excluding carboxylic acids is 1. The van der Waals surface area contributed by atoms with E-state index in [9.17, 15) is 4.79 Å².